The molecule has 1 fully saturated rings. The number of rotatable bonds is 1. The maximum atomic E-state index is 13.2. The van der Waals surface area contributed by atoms with Crippen LogP contribution in [0.15, 0.2) is 18.2 Å². The molecule has 0 unspecified atom stereocenters. The highest BCUT2D eigenvalue weighted by atomic mass is 16.5. The van der Waals surface area contributed by atoms with Crippen LogP contribution in [0.4, 0.5) is 0 Å². The van der Waals surface area contributed by atoms with E-state index < -0.39 is 6.04 Å². The summed E-state index contributed by atoms with van der Waals surface area (Å²) in [6, 6.07) is 6.12. The van der Waals surface area contributed by atoms with Gasteiger partial charge in [-0.25, -0.2) is 0 Å². The summed E-state index contributed by atoms with van der Waals surface area (Å²) in [6.45, 7) is 2.46. The van der Waals surface area contributed by atoms with Crippen molar-refractivity contribution in [2.75, 3.05) is 34.4 Å². The van der Waals surface area contributed by atoms with Gasteiger partial charge in [-0.15, -0.1) is 0 Å². The van der Waals surface area contributed by atoms with Crippen LogP contribution in [0.3, 0.4) is 0 Å². The van der Waals surface area contributed by atoms with Crippen LogP contribution in [0.2, 0.25) is 0 Å². The summed E-state index contributed by atoms with van der Waals surface area (Å²) < 4.78 is 17.7. The van der Waals surface area contributed by atoms with Crippen molar-refractivity contribution in [1.29, 1.82) is 5.26 Å². The molecule has 2 aliphatic heterocycles. The van der Waals surface area contributed by atoms with E-state index >= 15 is 0 Å². The number of nitriles is 1. The van der Waals surface area contributed by atoms with Crippen molar-refractivity contribution in [3.63, 3.8) is 0 Å². The first-order valence-electron chi connectivity index (χ1n) is 10.2. The van der Waals surface area contributed by atoms with Crippen molar-refractivity contribution in [2.24, 2.45) is 0 Å². The number of fused-ring (bicyclic) bond motifs is 3. The lowest BCUT2D eigenvalue weighted by Crippen LogP contribution is -2.52. The van der Waals surface area contributed by atoms with Crippen LogP contribution < -0.4 is 4.74 Å². The first-order chi connectivity index (χ1) is 14.3. The van der Waals surface area contributed by atoms with Crippen LogP contribution in [0.5, 0.6) is 5.75 Å². The summed E-state index contributed by atoms with van der Waals surface area (Å²) in [4.78, 5) is 29.1. The van der Waals surface area contributed by atoms with E-state index in [0.29, 0.717) is 30.9 Å². The third-order valence-electron chi connectivity index (χ3n) is 5.98. The highest BCUT2D eigenvalue weighted by molar-refractivity contribution is 5.99. The van der Waals surface area contributed by atoms with E-state index in [9.17, 15) is 14.9 Å². The number of likely N-dealkylation sites (N-methyl/N-ethyl adjacent to an activating group) is 2. The molecule has 30 heavy (non-hydrogen) atoms. The lowest BCUT2D eigenvalue weighted by molar-refractivity contribution is -0.152. The summed E-state index contributed by atoms with van der Waals surface area (Å²) in [5.41, 5.74) is 0.637. The quantitative estimate of drug-likeness (QED) is 0.695. The zero-order chi connectivity index (χ0) is 21.8. The topological polar surface area (TPSA) is 92.1 Å². The predicted molar refractivity (Wildman–Crippen MR) is 109 cm³/mol. The van der Waals surface area contributed by atoms with Crippen LogP contribution in [0.25, 0.3) is 0 Å². The van der Waals surface area contributed by atoms with E-state index in [1.54, 1.807) is 45.2 Å². The molecule has 0 aromatic heterocycles. The number of carbonyl (C=O) groups is 2. The minimum Gasteiger partial charge on any atom is -0.493 e. The van der Waals surface area contributed by atoms with Crippen molar-refractivity contribution in [2.45, 2.75) is 50.5 Å². The molecule has 0 spiro atoms. The third kappa shape index (κ3) is 4.58. The average Bonchev–Trinajstić information content (AvgIpc) is 2.76. The molecule has 8 nitrogen and oxygen atoms in total. The number of methoxy groups -OCH3 is 1. The molecular weight excluding hydrogens is 386 g/mol. The Labute approximate surface area is 177 Å². The maximum Gasteiger partial charge on any atom is 0.258 e. The first kappa shape index (κ1) is 22.1. The highest BCUT2D eigenvalue weighted by Gasteiger charge is 2.35. The molecule has 8 heteroatoms. The predicted octanol–water partition coefficient (Wildman–Crippen LogP) is 1.82. The van der Waals surface area contributed by atoms with Gasteiger partial charge >= 0.3 is 0 Å². The van der Waals surface area contributed by atoms with Crippen molar-refractivity contribution >= 4 is 11.8 Å². The summed E-state index contributed by atoms with van der Waals surface area (Å²) in [7, 11) is 4.96. The Kier molecular flexibility index (Phi) is 6.95. The van der Waals surface area contributed by atoms with Gasteiger partial charge in [0.15, 0.2) is 0 Å². The SMILES string of the molecule is CO[C@H]1CC[C@H]2CCOc3ccc(C#N)cc3C(=O)N(C)[C@H](C)C(=O)N(C)C[C@@H]1O2. The number of hydrogen-bond donors (Lipinski definition) is 0. The highest BCUT2D eigenvalue weighted by Crippen LogP contribution is 2.27. The second-order valence-corrected chi connectivity index (χ2v) is 7.92. The van der Waals surface area contributed by atoms with Gasteiger partial charge in [-0.05, 0) is 38.0 Å². The van der Waals surface area contributed by atoms with Gasteiger partial charge in [0.1, 0.15) is 17.9 Å². The van der Waals surface area contributed by atoms with Crippen LogP contribution in [-0.2, 0) is 14.3 Å². The van der Waals surface area contributed by atoms with Gasteiger partial charge in [0.05, 0.1) is 36.0 Å². The molecule has 1 saturated heterocycles. The summed E-state index contributed by atoms with van der Waals surface area (Å²) in [6.07, 6.45) is 2.03. The number of nitrogens with zero attached hydrogens (tertiary/aromatic N) is 3. The minimum absolute atomic E-state index is 0.00882. The van der Waals surface area contributed by atoms with Crippen LogP contribution in [-0.4, -0.2) is 80.3 Å². The number of ether oxygens (including phenoxy) is 3. The lowest BCUT2D eigenvalue weighted by Gasteiger charge is -2.39. The van der Waals surface area contributed by atoms with E-state index in [2.05, 4.69) is 0 Å². The van der Waals surface area contributed by atoms with Crippen LogP contribution in [0.1, 0.15) is 42.1 Å². The fourth-order valence-electron chi connectivity index (χ4n) is 3.98. The zero-order valence-corrected chi connectivity index (χ0v) is 18.0. The van der Waals surface area contributed by atoms with E-state index in [1.807, 2.05) is 6.07 Å². The minimum atomic E-state index is -0.690. The Hall–Kier alpha value is -2.63. The molecule has 1 aromatic carbocycles. The van der Waals surface area contributed by atoms with Gasteiger partial charge in [-0.3, -0.25) is 9.59 Å². The number of hydrogen-bond acceptors (Lipinski definition) is 6. The van der Waals surface area contributed by atoms with E-state index in [1.165, 1.54) is 11.0 Å². The molecular formula is C22H29N3O5. The molecule has 162 valence electrons. The molecule has 3 rings (SSSR count). The molecule has 2 bridgehead atoms. The Bertz CT molecular complexity index is 837. The van der Waals surface area contributed by atoms with Crippen molar-refractivity contribution in [1.82, 2.24) is 9.80 Å². The summed E-state index contributed by atoms with van der Waals surface area (Å²) in [5, 5.41) is 9.23. The van der Waals surface area contributed by atoms with Gasteiger partial charge in [0, 0.05) is 34.2 Å². The molecule has 0 saturated carbocycles. The smallest absolute Gasteiger partial charge is 0.258 e. The fraction of sp³-hybridized carbons (Fsp3) is 0.591. The van der Waals surface area contributed by atoms with Gasteiger partial charge in [-0.2, -0.15) is 5.26 Å². The third-order valence-corrected chi connectivity index (χ3v) is 5.98. The van der Waals surface area contributed by atoms with Gasteiger partial charge in [0.2, 0.25) is 5.91 Å². The average molecular weight is 415 g/mol. The maximum absolute atomic E-state index is 13.2. The second kappa shape index (κ2) is 9.45. The normalized spacial score (nSPS) is 28.2. The Morgan fingerprint density at radius 3 is 2.67 bits per heavy atom. The Balaban J connectivity index is 1.94. The Morgan fingerprint density at radius 1 is 1.20 bits per heavy atom. The zero-order valence-electron chi connectivity index (χ0n) is 18.0. The lowest BCUT2D eigenvalue weighted by atomic mass is 9.98. The second-order valence-electron chi connectivity index (χ2n) is 7.92. The van der Waals surface area contributed by atoms with Crippen LogP contribution in [0, 0.1) is 11.3 Å². The molecule has 0 radical (unpaired) electrons. The molecule has 4 atom stereocenters. The van der Waals surface area contributed by atoms with E-state index in [4.69, 9.17) is 14.2 Å². The molecule has 2 aliphatic rings. The monoisotopic (exact) mass is 415 g/mol. The fourth-order valence-corrected chi connectivity index (χ4v) is 3.98. The van der Waals surface area contributed by atoms with Gasteiger partial charge < -0.3 is 24.0 Å². The molecule has 2 heterocycles. The largest absolute Gasteiger partial charge is 0.493 e. The molecule has 2 amide bonds. The number of benzene rings is 1. The van der Waals surface area contributed by atoms with Crippen molar-refractivity contribution < 1.29 is 23.8 Å². The van der Waals surface area contributed by atoms with Crippen molar-refractivity contribution in [3.8, 4) is 11.8 Å². The summed E-state index contributed by atoms with van der Waals surface area (Å²) >= 11 is 0. The molecule has 1 aromatic rings. The van der Waals surface area contributed by atoms with Gasteiger partial charge in [0.25, 0.3) is 5.91 Å². The van der Waals surface area contributed by atoms with E-state index in [-0.39, 0.29) is 35.7 Å². The Morgan fingerprint density at radius 2 is 1.97 bits per heavy atom. The molecule has 0 aliphatic carbocycles. The van der Waals surface area contributed by atoms with Gasteiger partial charge in [-0.1, -0.05) is 0 Å². The standard InChI is InChI=1S/C22H29N3O5/c1-14-21(26)24(2)13-20-19(28-4)8-6-16(30-20)9-10-29-18-7-5-15(12-23)11-17(18)22(27)25(14)3/h5,7,11,14,16,19-20H,6,8-10,13H2,1-4H3/t14-,16+,19+,20+/m1/s1. The first-order valence-corrected chi connectivity index (χ1v) is 10.2. The van der Waals surface area contributed by atoms with E-state index in [0.717, 1.165) is 12.8 Å². The van der Waals surface area contributed by atoms with Crippen LogP contribution >= 0.6 is 0 Å². The van der Waals surface area contributed by atoms with Crippen molar-refractivity contribution in [3.05, 3.63) is 29.3 Å². The number of carbonyl (C=O) groups excluding carboxylic acids is 2. The summed E-state index contributed by atoms with van der Waals surface area (Å²) in [5.74, 6) is -0.153. The number of amides is 2. The molecule has 0 N–H and O–H groups in total.